The number of hydrogen-bond donors (Lipinski definition) is 2. The Morgan fingerprint density at radius 2 is 1.83 bits per heavy atom. The van der Waals surface area contributed by atoms with Crippen molar-refractivity contribution >= 4 is 27.5 Å². The lowest BCUT2D eigenvalue weighted by molar-refractivity contribution is -0.129. The van der Waals surface area contributed by atoms with E-state index in [2.05, 4.69) is 15.6 Å². The van der Waals surface area contributed by atoms with Gasteiger partial charge in [0.2, 0.25) is 21.8 Å². The van der Waals surface area contributed by atoms with Crippen LogP contribution in [0.4, 0.5) is 5.69 Å². The van der Waals surface area contributed by atoms with E-state index in [1.165, 1.54) is 4.31 Å². The number of aromatic nitrogens is 1. The summed E-state index contributed by atoms with van der Waals surface area (Å²) in [6.45, 7) is 2.07. The van der Waals surface area contributed by atoms with E-state index in [0.717, 1.165) is 0 Å². The van der Waals surface area contributed by atoms with Gasteiger partial charge in [0.15, 0.2) is 0 Å². The first-order valence-corrected chi connectivity index (χ1v) is 10.9. The van der Waals surface area contributed by atoms with Gasteiger partial charge in [0.25, 0.3) is 0 Å². The number of carbonyl (C=O) groups is 2. The van der Waals surface area contributed by atoms with Crippen LogP contribution in [-0.4, -0.2) is 48.7 Å². The summed E-state index contributed by atoms with van der Waals surface area (Å²) in [6, 6.07) is 10.7. The third-order valence-electron chi connectivity index (χ3n) is 4.84. The zero-order valence-electron chi connectivity index (χ0n) is 16.1. The molecule has 0 aliphatic carbocycles. The van der Waals surface area contributed by atoms with Crippen molar-refractivity contribution < 1.29 is 18.0 Å². The fourth-order valence-corrected chi connectivity index (χ4v) is 4.74. The maximum atomic E-state index is 12.8. The summed E-state index contributed by atoms with van der Waals surface area (Å²) in [5, 5.41) is 5.40. The van der Waals surface area contributed by atoms with Gasteiger partial charge in [-0.2, -0.15) is 4.31 Å². The molecule has 2 atom stereocenters. The molecule has 29 heavy (non-hydrogen) atoms. The second kappa shape index (κ2) is 9.15. The SMILES string of the molecule is CC(NC(=O)C1CCCN(S(=O)(=O)c2ccccc2)C1)C(=O)Nc1ccncc1. The van der Waals surface area contributed by atoms with Gasteiger partial charge in [-0.25, -0.2) is 8.42 Å². The summed E-state index contributed by atoms with van der Waals surface area (Å²) in [5.41, 5.74) is 0.587. The van der Waals surface area contributed by atoms with E-state index >= 15 is 0 Å². The number of benzene rings is 1. The van der Waals surface area contributed by atoms with Crippen molar-refractivity contribution in [1.29, 1.82) is 0 Å². The van der Waals surface area contributed by atoms with Crippen LogP contribution in [0.1, 0.15) is 19.8 Å². The van der Waals surface area contributed by atoms with E-state index in [4.69, 9.17) is 0 Å². The van der Waals surface area contributed by atoms with Crippen LogP contribution in [-0.2, 0) is 19.6 Å². The minimum absolute atomic E-state index is 0.0990. The van der Waals surface area contributed by atoms with Crippen molar-refractivity contribution in [3.8, 4) is 0 Å². The van der Waals surface area contributed by atoms with Gasteiger partial charge in [0, 0.05) is 31.2 Å². The molecule has 2 unspecified atom stereocenters. The molecule has 154 valence electrons. The monoisotopic (exact) mass is 416 g/mol. The summed E-state index contributed by atoms with van der Waals surface area (Å²) >= 11 is 0. The largest absolute Gasteiger partial charge is 0.344 e. The number of nitrogens with one attached hydrogen (secondary N) is 2. The van der Waals surface area contributed by atoms with Crippen molar-refractivity contribution in [2.45, 2.75) is 30.7 Å². The van der Waals surface area contributed by atoms with Crippen molar-refractivity contribution in [3.05, 3.63) is 54.9 Å². The van der Waals surface area contributed by atoms with Crippen LogP contribution in [0.3, 0.4) is 0 Å². The first-order chi connectivity index (χ1) is 13.9. The Labute approximate surface area is 170 Å². The average molecular weight is 417 g/mol. The number of piperidine rings is 1. The van der Waals surface area contributed by atoms with Gasteiger partial charge in [0.1, 0.15) is 6.04 Å². The first kappa shape index (κ1) is 20.9. The lowest BCUT2D eigenvalue weighted by Crippen LogP contribution is -2.49. The van der Waals surface area contributed by atoms with Gasteiger partial charge < -0.3 is 10.6 Å². The minimum Gasteiger partial charge on any atom is -0.344 e. The average Bonchev–Trinajstić information content (AvgIpc) is 2.75. The quantitative estimate of drug-likeness (QED) is 0.744. The van der Waals surface area contributed by atoms with Crippen LogP contribution in [0.15, 0.2) is 59.8 Å². The van der Waals surface area contributed by atoms with Gasteiger partial charge in [-0.05, 0) is 44.0 Å². The maximum Gasteiger partial charge on any atom is 0.246 e. The molecule has 1 aromatic heterocycles. The van der Waals surface area contributed by atoms with Crippen LogP contribution >= 0.6 is 0 Å². The third-order valence-corrected chi connectivity index (χ3v) is 6.72. The highest BCUT2D eigenvalue weighted by Crippen LogP contribution is 2.24. The molecule has 0 saturated carbocycles. The highest BCUT2D eigenvalue weighted by molar-refractivity contribution is 7.89. The zero-order valence-corrected chi connectivity index (χ0v) is 16.9. The third kappa shape index (κ3) is 5.18. The molecule has 2 N–H and O–H groups in total. The van der Waals surface area contributed by atoms with Gasteiger partial charge in [0.05, 0.1) is 10.8 Å². The van der Waals surface area contributed by atoms with Gasteiger partial charge >= 0.3 is 0 Å². The Kier molecular flexibility index (Phi) is 6.60. The standard InChI is InChI=1S/C20H24N4O4S/c1-15(19(25)23-17-9-11-21-12-10-17)22-20(26)16-6-5-13-24(14-16)29(27,28)18-7-3-2-4-8-18/h2-4,7-12,15-16H,5-6,13-14H2,1H3,(H,22,26)(H,21,23,25). The number of hydrogen-bond acceptors (Lipinski definition) is 5. The van der Waals surface area contributed by atoms with E-state index < -0.39 is 22.0 Å². The predicted molar refractivity (Wildman–Crippen MR) is 108 cm³/mol. The number of rotatable bonds is 6. The molecule has 1 fully saturated rings. The predicted octanol–water partition coefficient (Wildman–Crippen LogP) is 1.63. The van der Waals surface area contributed by atoms with Crippen molar-refractivity contribution in [1.82, 2.24) is 14.6 Å². The van der Waals surface area contributed by atoms with E-state index in [1.54, 1.807) is 61.8 Å². The van der Waals surface area contributed by atoms with Crippen LogP contribution in [0, 0.1) is 5.92 Å². The molecule has 1 aliphatic heterocycles. The molecule has 0 bridgehead atoms. The first-order valence-electron chi connectivity index (χ1n) is 9.44. The number of anilines is 1. The summed E-state index contributed by atoms with van der Waals surface area (Å²) in [4.78, 5) is 29.0. The highest BCUT2D eigenvalue weighted by Gasteiger charge is 2.34. The lowest BCUT2D eigenvalue weighted by atomic mass is 9.98. The Balaban J connectivity index is 1.60. The number of amides is 2. The molecular formula is C20H24N4O4S. The molecule has 2 amide bonds. The number of pyridine rings is 1. The molecule has 3 rings (SSSR count). The zero-order chi connectivity index (χ0) is 20.9. The molecule has 8 nitrogen and oxygen atoms in total. The topological polar surface area (TPSA) is 108 Å². The fraction of sp³-hybridized carbons (Fsp3) is 0.350. The van der Waals surface area contributed by atoms with Crippen molar-refractivity contribution in [2.24, 2.45) is 5.92 Å². The molecule has 1 saturated heterocycles. The van der Waals surface area contributed by atoms with Crippen molar-refractivity contribution in [2.75, 3.05) is 18.4 Å². The van der Waals surface area contributed by atoms with Gasteiger partial charge in [-0.15, -0.1) is 0 Å². The van der Waals surface area contributed by atoms with Crippen LogP contribution in [0.5, 0.6) is 0 Å². The molecule has 1 aliphatic rings. The van der Waals surface area contributed by atoms with E-state index in [0.29, 0.717) is 25.1 Å². The Hall–Kier alpha value is -2.78. The molecule has 2 aromatic rings. The normalized spacial score (nSPS) is 18.6. The summed E-state index contributed by atoms with van der Waals surface area (Å²) in [7, 11) is -3.65. The highest BCUT2D eigenvalue weighted by atomic mass is 32.2. The molecule has 9 heteroatoms. The second-order valence-corrected chi connectivity index (χ2v) is 8.91. The van der Waals surface area contributed by atoms with E-state index in [1.807, 2.05) is 0 Å². The molecule has 2 heterocycles. The van der Waals surface area contributed by atoms with Crippen LogP contribution in [0.25, 0.3) is 0 Å². The van der Waals surface area contributed by atoms with Gasteiger partial charge in [-0.3, -0.25) is 14.6 Å². The number of nitrogens with zero attached hydrogens (tertiary/aromatic N) is 2. The van der Waals surface area contributed by atoms with Crippen LogP contribution in [0.2, 0.25) is 0 Å². The minimum atomic E-state index is -3.65. The summed E-state index contributed by atoms with van der Waals surface area (Å²) in [6.07, 6.45) is 4.28. The van der Waals surface area contributed by atoms with Gasteiger partial charge in [-0.1, -0.05) is 18.2 Å². The Morgan fingerprint density at radius 3 is 2.52 bits per heavy atom. The smallest absolute Gasteiger partial charge is 0.246 e. The molecule has 0 spiro atoms. The van der Waals surface area contributed by atoms with Crippen LogP contribution < -0.4 is 10.6 Å². The fourth-order valence-electron chi connectivity index (χ4n) is 3.20. The number of sulfonamides is 1. The van der Waals surface area contributed by atoms with E-state index in [9.17, 15) is 18.0 Å². The Morgan fingerprint density at radius 1 is 1.14 bits per heavy atom. The molecule has 1 aromatic carbocycles. The summed E-state index contributed by atoms with van der Waals surface area (Å²) < 4.78 is 27.0. The Bertz CT molecular complexity index is 951. The molecule has 0 radical (unpaired) electrons. The number of carbonyl (C=O) groups excluding carboxylic acids is 2. The molecular weight excluding hydrogens is 392 g/mol. The maximum absolute atomic E-state index is 12.8. The second-order valence-electron chi connectivity index (χ2n) is 6.97. The summed E-state index contributed by atoms with van der Waals surface area (Å²) in [5.74, 6) is -1.18. The van der Waals surface area contributed by atoms with Crippen molar-refractivity contribution in [3.63, 3.8) is 0 Å². The lowest BCUT2D eigenvalue weighted by Gasteiger charge is -2.31. The van der Waals surface area contributed by atoms with E-state index in [-0.39, 0.29) is 23.3 Å².